The first-order valence-corrected chi connectivity index (χ1v) is 7.32. The number of hydrogen-bond donors (Lipinski definition) is 2. The fourth-order valence-electron chi connectivity index (χ4n) is 2.39. The molecule has 2 fully saturated rings. The van der Waals surface area contributed by atoms with Crippen LogP contribution in [0.25, 0.3) is 0 Å². The van der Waals surface area contributed by atoms with Crippen LogP contribution in [-0.4, -0.2) is 55.0 Å². The average molecular weight is 253 g/mol. The topological polar surface area (TPSA) is 56.9 Å². The van der Waals surface area contributed by atoms with Gasteiger partial charge in [-0.1, -0.05) is 13.3 Å². The monoisotopic (exact) mass is 253 g/mol. The van der Waals surface area contributed by atoms with Gasteiger partial charge in [0.05, 0.1) is 0 Å². The molecule has 18 heavy (non-hydrogen) atoms. The van der Waals surface area contributed by atoms with E-state index >= 15 is 0 Å². The van der Waals surface area contributed by atoms with Crippen molar-refractivity contribution in [3.8, 4) is 0 Å². The maximum Gasteiger partial charge on any atom is 0.208 e. The first-order valence-electron chi connectivity index (χ1n) is 7.32. The lowest BCUT2D eigenvalue weighted by molar-refractivity contribution is 0.173. The molecule has 0 spiro atoms. The zero-order valence-electron chi connectivity index (χ0n) is 11.6. The Morgan fingerprint density at radius 1 is 1.28 bits per heavy atom. The molecule has 0 bridgehead atoms. The molecular weight excluding hydrogens is 226 g/mol. The smallest absolute Gasteiger partial charge is 0.208 e. The lowest BCUT2D eigenvalue weighted by Gasteiger charge is -2.36. The van der Waals surface area contributed by atoms with E-state index in [-0.39, 0.29) is 0 Å². The molecule has 0 atom stereocenters. The molecule has 0 amide bonds. The van der Waals surface area contributed by atoms with Crippen LogP contribution in [0, 0.1) is 5.92 Å². The number of piperazine rings is 1. The number of nitrogens with one attached hydrogen (secondary N) is 1. The highest BCUT2D eigenvalue weighted by molar-refractivity contribution is 5.79. The summed E-state index contributed by atoms with van der Waals surface area (Å²) in [5.74, 6) is 7.43. The molecule has 1 aliphatic heterocycles. The number of nitrogens with two attached hydrogens (primary N) is 1. The van der Waals surface area contributed by atoms with E-state index in [9.17, 15) is 0 Å². The van der Waals surface area contributed by atoms with E-state index in [0.717, 1.165) is 51.0 Å². The predicted octanol–water partition coefficient (Wildman–Crippen LogP) is 0.633. The number of aliphatic imine (C=N–C) groups is 1. The SMILES string of the molecule is CCCCN=C(NN)N1CCN(CC2CC2)CC1. The highest BCUT2D eigenvalue weighted by Crippen LogP contribution is 2.29. The predicted molar refractivity (Wildman–Crippen MR) is 75.3 cm³/mol. The van der Waals surface area contributed by atoms with Crippen molar-refractivity contribution in [3.05, 3.63) is 0 Å². The molecule has 0 radical (unpaired) electrons. The van der Waals surface area contributed by atoms with Crippen molar-refractivity contribution < 1.29 is 0 Å². The number of guanidine groups is 1. The van der Waals surface area contributed by atoms with Gasteiger partial charge in [-0.05, 0) is 25.2 Å². The summed E-state index contributed by atoms with van der Waals surface area (Å²) in [6.45, 7) is 8.73. The molecule has 1 saturated heterocycles. The fraction of sp³-hybridized carbons (Fsp3) is 0.923. The normalized spacial score (nSPS) is 22.3. The summed E-state index contributed by atoms with van der Waals surface area (Å²) in [7, 11) is 0. The van der Waals surface area contributed by atoms with Crippen LogP contribution in [0.4, 0.5) is 0 Å². The van der Waals surface area contributed by atoms with Crippen LogP contribution in [0.15, 0.2) is 4.99 Å². The molecule has 1 aliphatic carbocycles. The van der Waals surface area contributed by atoms with Gasteiger partial charge in [0, 0.05) is 39.3 Å². The summed E-state index contributed by atoms with van der Waals surface area (Å²) < 4.78 is 0. The summed E-state index contributed by atoms with van der Waals surface area (Å²) in [4.78, 5) is 9.40. The third kappa shape index (κ3) is 4.14. The number of unbranched alkanes of at least 4 members (excludes halogenated alkanes) is 1. The Labute approximate surface area is 110 Å². The first kappa shape index (κ1) is 13.6. The lowest BCUT2D eigenvalue weighted by Crippen LogP contribution is -2.54. The molecule has 5 heteroatoms. The first-order chi connectivity index (χ1) is 8.83. The van der Waals surface area contributed by atoms with Gasteiger partial charge in [-0.25, -0.2) is 5.84 Å². The van der Waals surface area contributed by atoms with E-state index in [1.54, 1.807) is 0 Å². The molecular formula is C13H27N5. The van der Waals surface area contributed by atoms with Crippen LogP contribution in [0.1, 0.15) is 32.6 Å². The standard InChI is InChI=1S/C13H27N5/c1-2-3-6-15-13(16-14)18-9-7-17(8-10-18)11-12-4-5-12/h12H,2-11,14H2,1H3,(H,15,16). The highest BCUT2D eigenvalue weighted by Gasteiger charge is 2.26. The maximum atomic E-state index is 5.58. The van der Waals surface area contributed by atoms with Gasteiger partial charge in [0.1, 0.15) is 0 Å². The van der Waals surface area contributed by atoms with Crippen LogP contribution in [0.3, 0.4) is 0 Å². The second kappa shape index (κ2) is 6.95. The second-order valence-electron chi connectivity index (χ2n) is 5.43. The van der Waals surface area contributed by atoms with Gasteiger partial charge in [-0.2, -0.15) is 0 Å². The van der Waals surface area contributed by atoms with Gasteiger partial charge in [-0.15, -0.1) is 0 Å². The Kier molecular flexibility index (Phi) is 5.26. The van der Waals surface area contributed by atoms with E-state index in [0.29, 0.717) is 0 Å². The third-order valence-electron chi connectivity index (χ3n) is 3.79. The van der Waals surface area contributed by atoms with E-state index in [1.165, 1.54) is 25.8 Å². The molecule has 104 valence electrons. The Bertz CT molecular complexity index is 267. The highest BCUT2D eigenvalue weighted by atomic mass is 15.4. The second-order valence-corrected chi connectivity index (χ2v) is 5.43. The number of hydrazine groups is 1. The molecule has 0 aromatic rings. The van der Waals surface area contributed by atoms with E-state index in [4.69, 9.17) is 5.84 Å². The van der Waals surface area contributed by atoms with Gasteiger partial charge in [-0.3, -0.25) is 15.3 Å². The number of nitrogens with zero attached hydrogens (tertiary/aromatic N) is 3. The summed E-state index contributed by atoms with van der Waals surface area (Å²) in [6.07, 6.45) is 5.19. The van der Waals surface area contributed by atoms with Crippen LogP contribution in [-0.2, 0) is 0 Å². The van der Waals surface area contributed by atoms with Crippen LogP contribution in [0.2, 0.25) is 0 Å². The number of hydrogen-bond acceptors (Lipinski definition) is 3. The summed E-state index contributed by atoms with van der Waals surface area (Å²) in [6, 6.07) is 0. The minimum absolute atomic E-state index is 0.870. The van der Waals surface area contributed by atoms with E-state index in [2.05, 4.69) is 27.1 Å². The molecule has 1 heterocycles. The van der Waals surface area contributed by atoms with Gasteiger partial charge < -0.3 is 4.90 Å². The quantitative estimate of drug-likeness (QED) is 0.248. The van der Waals surface area contributed by atoms with Gasteiger partial charge in [0.25, 0.3) is 0 Å². The molecule has 1 saturated carbocycles. The average Bonchev–Trinajstić information content (AvgIpc) is 3.20. The summed E-state index contributed by atoms with van der Waals surface area (Å²) in [5, 5.41) is 0. The fourth-order valence-corrected chi connectivity index (χ4v) is 2.39. The van der Waals surface area contributed by atoms with Gasteiger partial charge in [0.2, 0.25) is 5.96 Å². The van der Waals surface area contributed by atoms with Crippen LogP contribution in [0.5, 0.6) is 0 Å². The van der Waals surface area contributed by atoms with Crippen molar-refractivity contribution in [2.75, 3.05) is 39.3 Å². The van der Waals surface area contributed by atoms with Gasteiger partial charge in [0.15, 0.2) is 0 Å². The Morgan fingerprint density at radius 2 is 2.00 bits per heavy atom. The van der Waals surface area contributed by atoms with Crippen LogP contribution < -0.4 is 11.3 Å². The molecule has 0 unspecified atom stereocenters. The van der Waals surface area contributed by atoms with Crippen LogP contribution >= 0.6 is 0 Å². The third-order valence-corrected chi connectivity index (χ3v) is 3.79. The maximum absolute atomic E-state index is 5.58. The Hall–Kier alpha value is -0.810. The summed E-state index contributed by atoms with van der Waals surface area (Å²) in [5.41, 5.74) is 2.76. The van der Waals surface area contributed by atoms with Gasteiger partial charge >= 0.3 is 0 Å². The lowest BCUT2D eigenvalue weighted by atomic mass is 10.3. The van der Waals surface area contributed by atoms with Crippen molar-refractivity contribution in [3.63, 3.8) is 0 Å². The number of rotatable bonds is 5. The van der Waals surface area contributed by atoms with Crippen molar-refractivity contribution in [2.45, 2.75) is 32.6 Å². The van der Waals surface area contributed by atoms with E-state index < -0.39 is 0 Å². The zero-order valence-corrected chi connectivity index (χ0v) is 11.6. The largest absolute Gasteiger partial charge is 0.339 e. The summed E-state index contributed by atoms with van der Waals surface area (Å²) >= 11 is 0. The molecule has 0 aromatic carbocycles. The Balaban J connectivity index is 1.73. The molecule has 2 rings (SSSR count). The van der Waals surface area contributed by atoms with Crippen molar-refractivity contribution in [2.24, 2.45) is 16.8 Å². The van der Waals surface area contributed by atoms with E-state index in [1.807, 2.05) is 0 Å². The molecule has 3 N–H and O–H groups in total. The molecule has 2 aliphatic rings. The van der Waals surface area contributed by atoms with Crippen molar-refractivity contribution in [1.82, 2.24) is 15.2 Å². The minimum Gasteiger partial charge on any atom is -0.339 e. The Morgan fingerprint density at radius 3 is 2.56 bits per heavy atom. The van der Waals surface area contributed by atoms with Crippen molar-refractivity contribution >= 4 is 5.96 Å². The molecule has 5 nitrogen and oxygen atoms in total. The molecule has 0 aromatic heterocycles. The zero-order chi connectivity index (χ0) is 12.8. The van der Waals surface area contributed by atoms with Crippen molar-refractivity contribution in [1.29, 1.82) is 0 Å². The minimum atomic E-state index is 0.870.